The van der Waals surface area contributed by atoms with Crippen LogP contribution < -0.4 is 5.32 Å². The highest BCUT2D eigenvalue weighted by Crippen LogP contribution is 2.35. The van der Waals surface area contributed by atoms with Crippen molar-refractivity contribution in [3.8, 4) is 17.4 Å². The first-order valence-corrected chi connectivity index (χ1v) is 9.32. The quantitative estimate of drug-likeness (QED) is 0.339. The third kappa shape index (κ3) is 4.70. The number of nitrogens with zero attached hydrogens (tertiary/aromatic N) is 1. The molecule has 0 radical (unpaired) electrons. The van der Waals surface area contributed by atoms with E-state index in [4.69, 9.17) is 50.8 Å². The van der Waals surface area contributed by atoms with E-state index in [1.54, 1.807) is 30.3 Å². The van der Waals surface area contributed by atoms with Gasteiger partial charge < -0.3 is 9.73 Å². The number of anilines is 1. The van der Waals surface area contributed by atoms with Crippen LogP contribution in [0.4, 0.5) is 5.69 Å². The topological polar surface area (TPSA) is 66.0 Å². The van der Waals surface area contributed by atoms with Crippen LogP contribution in [-0.2, 0) is 4.79 Å². The van der Waals surface area contributed by atoms with E-state index in [2.05, 4.69) is 5.32 Å². The largest absolute Gasteiger partial charge is 0.457 e. The van der Waals surface area contributed by atoms with Gasteiger partial charge in [-0.2, -0.15) is 5.26 Å². The van der Waals surface area contributed by atoms with Crippen molar-refractivity contribution in [1.82, 2.24) is 0 Å². The lowest BCUT2D eigenvalue weighted by molar-refractivity contribution is -0.112. The van der Waals surface area contributed by atoms with Gasteiger partial charge in [0, 0.05) is 21.8 Å². The summed E-state index contributed by atoms with van der Waals surface area (Å²) >= 11 is 24.2. The van der Waals surface area contributed by atoms with Gasteiger partial charge in [-0.15, -0.1) is 0 Å². The Bertz CT molecular complexity index is 1090. The number of nitriles is 1. The molecule has 0 atom stereocenters. The van der Waals surface area contributed by atoms with Gasteiger partial charge in [-0.3, -0.25) is 4.79 Å². The summed E-state index contributed by atoms with van der Waals surface area (Å²) in [5, 5.41) is 13.5. The van der Waals surface area contributed by atoms with Crippen molar-refractivity contribution < 1.29 is 9.21 Å². The maximum Gasteiger partial charge on any atom is 0.266 e. The fourth-order valence-electron chi connectivity index (χ4n) is 2.41. The van der Waals surface area contributed by atoms with E-state index in [9.17, 15) is 10.1 Å². The van der Waals surface area contributed by atoms with Crippen LogP contribution >= 0.6 is 46.4 Å². The number of halogens is 4. The number of rotatable bonds is 4. The number of hydrogen-bond donors (Lipinski definition) is 1. The zero-order chi connectivity index (χ0) is 20.3. The smallest absolute Gasteiger partial charge is 0.266 e. The molecule has 1 heterocycles. The number of carbonyl (C=O) groups excluding carboxylic acids is 1. The van der Waals surface area contributed by atoms with E-state index in [-0.39, 0.29) is 5.57 Å². The Hall–Kier alpha value is -2.42. The van der Waals surface area contributed by atoms with Gasteiger partial charge in [-0.05, 0) is 42.5 Å². The van der Waals surface area contributed by atoms with E-state index in [1.165, 1.54) is 24.3 Å². The average molecular weight is 452 g/mol. The van der Waals surface area contributed by atoms with Crippen molar-refractivity contribution >= 4 is 64.1 Å². The van der Waals surface area contributed by atoms with Crippen LogP contribution in [0.25, 0.3) is 17.4 Å². The normalized spacial score (nSPS) is 11.2. The van der Waals surface area contributed by atoms with Crippen molar-refractivity contribution in [2.75, 3.05) is 5.32 Å². The summed E-state index contributed by atoms with van der Waals surface area (Å²) in [5.41, 5.74) is 0.732. The molecule has 0 aliphatic rings. The third-order valence-corrected chi connectivity index (χ3v) is 4.67. The van der Waals surface area contributed by atoms with Crippen molar-refractivity contribution in [3.05, 3.63) is 80.0 Å². The van der Waals surface area contributed by atoms with Crippen LogP contribution in [-0.4, -0.2) is 5.91 Å². The standard InChI is InChI=1S/C20H10Cl4N2O2/c21-12-7-13(22)9-14(8-12)26-20(27)11(10-25)6-15-4-5-18(28-15)19-16(23)2-1-3-17(19)24/h1-9H,(H,26,27). The highest BCUT2D eigenvalue weighted by molar-refractivity contribution is 6.39. The molecule has 28 heavy (non-hydrogen) atoms. The molecule has 2 aromatic carbocycles. The number of nitrogens with one attached hydrogen (secondary N) is 1. The zero-order valence-corrected chi connectivity index (χ0v) is 17.0. The maximum atomic E-state index is 12.4. The Balaban J connectivity index is 1.86. The minimum absolute atomic E-state index is 0.165. The van der Waals surface area contributed by atoms with Gasteiger partial charge in [0.05, 0.1) is 15.6 Å². The molecular formula is C20H10Cl4N2O2. The number of benzene rings is 2. The number of amides is 1. The minimum Gasteiger partial charge on any atom is -0.457 e. The summed E-state index contributed by atoms with van der Waals surface area (Å²) in [7, 11) is 0. The SMILES string of the molecule is N#CC(=Cc1ccc(-c2c(Cl)cccc2Cl)o1)C(=O)Nc1cc(Cl)cc(Cl)c1. The molecule has 0 aliphatic heterocycles. The van der Waals surface area contributed by atoms with Crippen LogP contribution in [0.3, 0.4) is 0 Å². The van der Waals surface area contributed by atoms with Gasteiger partial charge in [-0.25, -0.2) is 0 Å². The minimum atomic E-state index is -0.630. The van der Waals surface area contributed by atoms with E-state index < -0.39 is 5.91 Å². The molecule has 1 aromatic heterocycles. The van der Waals surface area contributed by atoms with Crippen molar-refractivity contribution in [2.45, 2.75) is 0 Å². The molecule has 8 heteroatoms. The molecular weight excluding hydrogens is 442 g/mol. The molecule has 4 nitrogen and oxygen atoms in total. The summed E-state index contributed by atoms with van der Waals surface area (Å²) in [6.45, 7) is 0. The summed E-state index contributed by atoms with van der Waals surface area (Å²) < 4.78 is 5.68. The molecule has 0 aliphatic carbocycles. The number of furan rings is 1. The molecule has 0 spiro atoms. The van der Waals surface area contributed by atoms with Gasteiger partial charge >= 0.3 is 0 Å². The molecule has 3 aromatic rings. The lowest BCUT2D eigenvalue weighted by Crippen LogP contribution is -2.13. The van der Waals surface area contributed by atoms with Gasteiger partial charge in [0.1, 0.15) is 23.2 Å². The molecule has 0 bridgehead atoms. The van der Waals surface area contributed by atoms with E-state index >= 15 is 0 Å². The van der Waals surface area contributed by atoms with E-state index in [1.807, 2.05) is 6.07 Å². The van der Waals surface area contributed by atoms with Crippen molar-refractivity contribution in [1.29, 1.82) is 5.26 Å². The Kier molecular flexibility index (Phi) is 6.33. The first-order valence-electron chi connectivity index (χ1n) is 7.81. The predicted molar refractivity (Wildman–Crippen MR) is 113 cm³/mol. The number of hydrogen-bond acceptors (Lipinski definition) is 3. The fourth-order valence-corrected chi connectivity index (χ4v) is 3.52. The van der Waals surface area contributed by atoms with Gasteiger partial charge in [0.15, 0.2) is 0 Å². The van der Waals surface area contributed by atoms with Gasteiger partial charge in [0.2, 0.25) is 0 Å². The molecule has 0 saturated heterocycles. The number of carbonyl (C=O) groups is 1. The fraction of sp³-hybridized carbons (Fsp3) is 0. The van der Waals surface area contributed by atoms with E-state index in [0.717, 1.165) is 0 Å². The monoisotopic (exact) mass is 450 g/mol. The summed E-state index contributed by atoms with van der Waals surface area (Å²) in [4.78, 5) is 12.4. The second kappa shape index (κ2) is 8.72. The zero-order valence-electron chi connectivity index (χ0n) is 14.0. The van der Waals surface area contributed by atoms with E-state index in [0.29, 0.717) is 42.9 Å². The summed E-state index contributed by atoms with van der Waals surface area (Å²) in [6, 6.07) is 14.8. The molecule has 0 saturated carbocycles. The van der Waals surface area contributed by atoms with Gasteiger partial charge in [0.25, 0.3) is 5.91 Å². The second-order valence-electron chi connectivity index (χ2n) is 5.58. The molecule has 1 N–H and O–H groups in total. The predicted octanol–water partition coefficient (Wildman–Crippen LogP) is 7.11. The van der Waals surface area contributed by atoms with Crippen LogP contribution in [0, 0.1) is 11.3 Å². The lowest BCUT2D eigenvalue weighted by Gasteiger charge is -2.05. The Morgan fingerprint density at radius 1 is 1.00 bits per heavy atom. The Morgan fingerprint density at radius 2 is 1.64 bits per heavy atom. The van der Waals surface area contributed by atoms with Crippen LogP contribution in [0.15, 0.2) is 58.5 Å². The third-order valence-electron chi connectivity index (χ3n) is 3.61. The highest BCUT2D eigenvalue weighted by atomic mass is 35.5. The molecule has 0 unspecified atom stereocenters. The van der Waals surface area contributed by atoms with Crippen molar-refractivity contribution in [3.63, 3.8) is 0 Å². The molecule has 0 fully saturated rings. The molecule has 1 amide bonds. The maximum absolute atomic E-state index is 12.4. The van der Waals surface area contributed by atoms with Crippen molar-refractivity contribution in [2.24, 2.45) is 0 Å². The lowest BCUT2D eigenvalue weighted by atomic mass is 10.2. The molecule has 3 rings (SSSR count). The van der Waals surface area contributed by atoms with Crippen LogP contribution in [0.2, 0.25) is 20.1 Å². The highest BCUT2D eigenvalue weighted by Gasteiger charge is 2.14. The van der Waals surface area contributed by atoms with Crippen LogP contribution in [0.1, 0.15) is 5.76 Å². The second-order valence-corrected chi connectivity index (χ2v) is 7.27. The Labute approximate surface area is 180 Å². The first kappa shape index (κ1) is 20.3. The average Bonchev–Trinajstić information content (AvgIpc) is 3.06. The van der Waals surface area contributed by atoms with Crippen LogP contribution in [0.5, 0.6) is 0 Å². The Morgan fingerprint density at radius 3 is 2.25 bits per heavy atom. The summed E-state index contributed by atoms with van der Waals surface area (Å²) in [5.74, 6) is 0.0811. The van der Waals surface area contributed by atoms with Gasteiger partial charge in [-0.1, -0.05) is 52.5 Å². The summed E-state index contributed by atoms with van der Waals surface area (Å²) in [6.07, 6.45) is 1.32. The molecule has 140 valence electrons. The first-order chi connectivity index (χ1) is 13.4.